The minimum Gasteiger partial charge on any atom is -0.497 e. The van der Waals surface area contributed by atoms with Gasteiger partial charge in [0.2, 0.25) is 0 Å². The van der Waals surface area contributed by atoms with Gasteiger partial charge in [0.25, 0.3) is 0 Å². The molecule has 3 aromatic rings. The minimum atomic E-state index is -0.854. The van der Waals surface area contributed by atoms with E-state index in [9.17, 15) is 9.90 Å². The first-order valence-electron chi connectivity index (χ1n) is 7.20. The van der Waals surface area contributed by atoms with Gasteiger partial charge in [0.05, 0.1) is 18.1 Å². The number of nitrogens with zero attached hydrogens (tertiary/aromatic N) is 1. The molecule has 118 valence electrons. The van der Waals surface area contributed by atoms with Crippen LogP contribution in [0, 0.1) is 0 Å². The standard InChI is InChI=1S/C18H16BrNO3/c1-23-13-7-8-16-14(9-13)15(10-17(21)22)18(19)20(16)11-12-5-3-2-4-6-12/h2-9H,10-11H2,1H3,(H,21,22). The largest absolute Gasteiger partial charge is 0.497 e. The van der Waals surface area contributed by atoms with E-state index in [1.54, 1.807) is 7.11 Å². The zero-order valence-corrected chi connectivity index (χ0v) is 14.2. The number of hydrogen-bond donors (Lipinski definition) is 1. The van der Waals surface area contributed by atoms with Crippen molar-refractivity contribution in [3.8, 4) is 5.75 Å². The molecule has 0 bridgehead atoms. The fraction of sp³-hybridized carbons (Fsp3) is 0.167. The number of ether oxygens (including phenoxy) is 1. The summed E-state index contributed by atoms with van der Waals surface area (Å²) in [6.07, 6.45) is -0.0357. The first-order valence-corrected chi connectivity index (χ1v) is 7.99. The number of fused-ring (bicyclic) bond motifs is 1. The van der Waals surface area contributed by atoms with Crippen LogP contribution in [-0.2, 0) is 17.8 Å². The molecule has 0 aliphatic rings. The first kappa shape index (κ1) is 15.6. The third kappa shape index (κ3) is 3.10. The van der Waals surface area contributed by atoms with Crippen LogP contribution in [0.25, 0.3) is 10.9 Å². The molecule has 0 saturated carbocycles. The number of benzene rings is 2. The van der Waals surface area contributed by atoms with Crippen LogP contribution in [0.1, 0.15) is 11.1 Å². The highest BCUT2D eigenvalue weighted by atomic mass is 79.9. The minimum absolute atomic E-state index is 0.0357. The van der Waals surface area contributed by atoms with Crippen molar-refractivity contribution >= 4 is 32.8 Å². The Labute approximate surface area is 142 Å². The summed E-state index contributed by atoms with van der Waals surface area (Å²) in [4.78, 5) is 11.2. The van der Waals surface area contributed by atoms with E-state index in [0.29, 0.717) is 12.3 Å². The van der Waals surface area contributed by atoms with Gasteiger partial charge in [-0.15, -0.1) is 0 Å². The number of halogens is 1. The predicted octanol–water partition coefficient (Wildman–Crippen LogP) is 4.09. The van der Waals surface area contributed by atoms with Crippen LogP contribution < -0.4 is 4.74 Å². The number of aromatic nitrogens is 1. The first-order chi connectivity index (χ1) is 11.1. The molecule has 1 N–H and O–H groups in total. The average molecular weight is 374 g/mol. The molecule has 3 rings (SSSR count). The molecule has 2 aromatic carbocycles. The van der Waals surface area contributed by atoms with Crippen LogP contribution in [0.3, 0.4) is 0 Å². The van der Waals surface area contributed by atoms with Crippen molar-refractivity contribution in [3.05, 3.63) is 64.3 Å². The lowest BCUT2D eigenvalue weighted by atomic mass is 10.1. The maximum Gasteiger partial charge on any atom is 0.307 e. The third-order valence-corrected chi connectivity index (χ3v) is 4.72. The summed E-state index contributed by atoms with van der Waals surface area (Å²) in [6.45, 7) is 0.671. The van der Waals surface area contributed by atoms with E-state index in [1.807, 2.05) is 36.4 Å². The second kappa shape index (κ2) is 6.46. The highest BCUT2D eigenvalue weighted by Gasteiger charge is 2.18. The quantitative estimate of drug-likeness (QED) is 0.732. The number of carbonyl (C=O) groups is 1. The summed E-state index contributed by atoms with van der Waals surface area (Å²) in [5, 5.41) is 10.1. The molecular weight excluding hydrogens is 358 g/mol. The summed E-state index contributed by atoms with van der Waals surface area (Å²) < 4.78 is 8.16. The van der Waals surface area contributed by atoms with Gasteiger partial charge in [-0.3, -0.25) is 4.79 Å². The molecule has 0 aliphatic heterocycles. The van der Waals surface area contributed by atoms with Crippen LogP contribution in [0.5, 0.6) is 5.75 Å². The van der Waals surface area contributed by atoms with Crippen molar-refractivity contribution in [3.63, 3.8) is 0 Å². The van der Waals surface area contributed by atoms with E-state index in [0.717, 1.165) is 26.6 Å². The number of rotatable bonds is 5. The second-order valence-electron chi connectivity index (χ2n) is 5.29. The molecule has 0 amide bonds. The number of methoxy groups -OCH3 is 1. The summed E-state index contributed by atoms with van der Waals surface area (Å²) in [5.41, 5.74) is 2.91. The SMILES string of the molecule is COc1ccc2c(c1)c(CC(=O)O)c(Br)n2Cc1ccccc1. The van der Waals surface area contributed by atoms with Gasteiger partial charge in [-0.25, -0.2) is 0 Å². The summed E-state index contributed by atoms with van der Waals surface area (Å²) in [6, 6.07) is 15.8. The molecule has 0 saturated heterocycles. The number of carboxylic acid groups (broad SMARTS) is 1. The van der Waals surface area contributed by atoms with Crippen molar-refractivity contribution in [2.75, 3.05) is 7.11 Å². The van der Waals surface area contributed by atoms with Crippen LogP contribution in [-0.4, -0.2) is 22.8 Å². The Morgan fingerprint density at radius 3 is 2.61 bits per heavy atom. The Morgan fingerprint density at radius 2 is 1.96 bits per heavy atom. The highest BCUT2D eigenvalue weighted by Crippen LogP contribution is 2.34. The van der Waals surface area contributed by atoms with Crippen LogP contribution >= 0.6 is 15.9 Å². The lowest BCUT2D eigenvalue weighted by Crippen LogP contribution is -2.02. The molecule has 0 atom stereocenters. The molecule has 0 fully saturated rings. The van der Waals surface area contributed by atoms with Gasteiger partial charge in [0.15, 0.2) is 0 Å². The lowest BCUT2D eigenvalue weighted by Gasteiger charge is -2.08. The van der Waals surface area contributed by atoms with E-state index in [-0.39, 0.29) is 6.42 Å². The Kier molecular flexibility index (Phi) is 4.39. The summed E-state index contributed by atoms with van der Waals surface area (Å²) in [7, 11) is 1.61. The number of hydrogen-bond acceptors (Lipinski definition) is 2. The fourth-order valence-electron chi connectivity index (χ4n) is 2.74. The smallest absolute Gasteiger partial charge is 0.307 e. The molecular formula is C18H16BrNO3. The summed E-state index contributed by atoms with van der Waals surface area (Å²) in [5.74, 6) is -0.138. The van der Waals surface area contributed by atoms with Gasteiger partial charge in [0, 0.05) is 23.0 Å². The van der Waals surface area contributed by atoms with Crippen LogP contribution in [0.4, 0.5) is 0 Å². The van der Waals surface area contributed by atoms with Gasteiger partial charge in [-0.05, 0) is 39.7 Å². The van der Waals surface area contributed by atoms with E-state index in [1.165, 1.54) is 0 Å². The van der Waals surface area contributed by atoms with Crippen molar-refractivity contribution in [2.24, 2.45) is 0 Å². The van der Waals surface area contributed by atoms with E-state index >= 15 is 0 Å². The third-order valence-electron chi connectivity index (χ3n) is 3.82. The predicted molar refractivity (Wildman–Crippen MR) is 93.1 cm³/mol. The molecule has 4 nitrogen and oxygen atoms in total. The normalized spacial score (nSPS) is 10.9. The lowest BCUT2D eigenvalue weighted by molar-refractivity contribution is -0.136. The van der Waals surface area contributed by atoms with Gasteiger partial charge in [-0.1, -0.05) is 30.3 Å². The molecule has 0 unspecified atom stereocenters. The molecule has 1 heterocycles. The zero-order valence-electron chi connectivity index (χ0n) is 12.6. The van der Waals surface area contributed by atoms with Crippen molar-refractivity contribution < 1.29 is 14.6 Å². The van der Waals surface area contributed by atoms with E-state index in [2.05, 4.69) is 32.6 Å². The van der Waals surface area contributed by atoms with Gasteiger partial charge in [0.1, 0.15) is 5.75 Å². The molecule has 0 radical (unpaired) electrons. The molecule has 5 heteroatoms. The Balaban J connectivity index is 2.17. The highest BCUT2D eigenvalue weighted by molar-refractivity contribution is 9.10. The van der Waals surface area contributed by atoms with Gasteiger partial charge < -0.3 is 14.4 Å². The van der Waals surface area contributed by atoms with Crippen LogP contribution in [0.2, 0.25) is 0 Å². The Hall–Kier alpha value is -2.27. The van der Waals surface area contributed by atoms with Crippen molar-refractivity contribution in [1.29, 1.82) is 0 Å². The van der Waals surface area contributed by atoms with Gasteiger partial charge >= 0.3 is 5.97 Å². The maximum atomic E-state index is 11.2. The van der Waals surface area contributed by atoms with Gasteiger partial charge in [-0.2, -0.15) is 0 Å². The van der Waals surface area contributed by atoms with Crippen molar-refractivity contribution in [2.45, 2.75) is 13.0 Å². The van der Waals surface area contributed by atoms with E-state index in [4.69, 9.17) is 4.74 Å². The van der Waals surface area contributed by atoms with Crippen molar-refractivity contribution in [1.82, 2.24) is 4.57 Å². The fourth-order valence-corrected chi connectivity index (χ4v) is 3.41. The molecule has 0 aliphatic carbocycles. The molecule has 23 heavy (non-hydrogen) atoms. The number of carboxylic acids is 1. The molecule has 1 aromatic heterocycles. The maximum absolute atomic E-state index is 11.2. The Morgan fingerprint density at radius 1 is 1.22 bits per heavy atom. The van der Waals surface area contributed by atoms with E-state index < -0.39 is 5.97 Å². The zero-order chi connectivity index (χ0) is 16.4. The van der Waals surface area contributed by atoms with Crippen LogP contribution in [0.15, 0.2) is 53.1 Å². The topological polar surface area (TPSA) is 51.5 Å². The molecule has 0 spiro atoms. The average Bonchev–Trinajstić information content (AvgIpc) is 2.80. The Bertz CT molecular complexity index is 856. The monoisotopic (exact) mass is 373 g/mol. The second-order valence-corrected chi connectivity index (χ2v) is 6.05. The summed E-state index contributed by atoms with van der Waals surface area (Å²) >= 11 is 3.59. The number of aliphatic carboxylic acids is 1.